The molecular formula is C26H45NO5S. The number of nitrogens with one attached hydrogen (secondary N) is 1. The van der Waals surface area contributed by atoms with E-state index in [9.17, 15) is 18.3 Å². The van der Waals surface area contributed by atoms with Gasteiger partial charge in [0, 0.05) is 13.0 Å². The largest absolute Gasteiger partial charge is 0.393 e. The van der Waals surface area contributed by atoms with Gasteiger partial charge in [0.2, 0.25) is 5.91 Å². The maximum absolute atomic E-state index is 12.2. The molecule has 0 aromatic carbocycles. The van der Waals surface area contributed by atoms with Crippen molar-refractivity contribution in [2.24, 2.45) is 46.3 Å². The first-order valence-corrected chi connectivity index (χ1v) is 14.9. The second-order valence-electron chi connectivity index (χ2n) is 12.5. The average Bonchev–Trinajstić information content (AvgIpc) is 3.09. The molecule has 0 bridgehead atoms. The SMILES string of the molecule is C[C@H](CCC(=O)NCCS(=O)(=O)O)[C@H]1CC[C@H]2[C@@H]3CC[C@H]4C[C@@H](O)CC[C@]4(C)[C@H]3CC[C@]12C. The van der Waals surface area contributed by atoms with Crippen molar-refractivity contribution in [3.63, 3.8) is 0 Å². The zero-order valence-electron chi connectivity index (χ0n) is 20.8. The van der Waals surface area contributed by atoms with E-state index in [0.717, 1.165) is 37.0 Å². The highest BCUT2D eigenvalue weighted by Crippen LogP contribution is 2.68. The highest BCUT2D eigenvalue weighted by atomic mass is 32.2. The molecule has 1 amide bonds. The van der Waals surface area contributed by atoms with Crippen LogP contribution in [0.15, 0.2) is 0 Å². The molecule has 0 radical (unpaired) electrons. The molecule has 0 spiro atoms. The van der Waals surface area contributed by atoms with E-state index in [1.54, 1.807) is 0 Å². The van der Waals surface area contributed by atoms with Crippen molar-refractivity contribution < 1.29 is 22.9 Å². The van der Waals surface area contributed by atoms with E-state index < -0.39 is 15.9 Å². The Balaban J connectivity index is 1.35. The molecular weight excluding hydrogens is 438 g/mol. The third-order valence-corrected chi connectivity index (χ3v) is 11.6. The smallest absolute Gasteiger partial charge is 0.266 e. The maximum Gasteiger partial charge on any atom is 0.266 e. The molecule has 7 heteroatoms. The van der Waals surface area contributed by atoms with E-state index in [2.05, 4.69) is 26.1 Å². The third kappa shape index (κ3) is 5.02. The first kappa shape index (κ1) is 25.4. The van der Waals surface area contributed by atoms with Crippen molar-refractivity contribution in [1.82, 2.24) is 5.32 Å². The molecule has 0 heterocycles. The van der Waals surface area contributed by atoms with Crippen LogP contribution in [0, 0.1) is 46.3 Å². The highest BCUT2D eigenvalue weighted by Gasteiger charge is 2.60. The van der Waals surface area contributed by atoms with Crippen molar-refractivity contribution in [2.45, 2.75) is 97.5 Å². The first-order valence-electron chi connectivity index (χ1n) is 13.3. The zero-order valence-corrected chi connectivity index (χ0v) is 21.6. The monoisotopic (exact) mass is 483 g/mol. The summed E-state index contributed by atoms with van der Waals surface area (Å²) in [5, 5.41) is 12.9. The summed E-state index contributed by atoms with van der Waals surface area (Å²) in [5.74, 6) is 3.68. The maximum atomic E-state index is 12.2. The molecule has 0 saturated heterocycles. The van der Waals surface area contributed by atoms with Gasteiger partial charge in [-0.25, -0.2) is 0 Å². The van der Waals surface area contributed by atoms with Crippen molar-refractivity contribution in [3.05, 3.63) is 0 Å². The second-order valence-corrected chi connectivity index (χ2v) is 14.0. The molecule has 0 aromatic rings. The molecule has 6 nitrogen and oxygen atoms in total. The van der Waals surface area contributed by atoms with Crippen molar-refractivity contribution >= 4 is 16.0 Å². The van der Waals surface area contributed by atoms with Gasteiger partial charge in [-0.1, -0.05) is 20.8 Å². The van der Waals surface area contributed by atoms with Gasteiger partial charge in [-0.2, -0.15) is 8.42 Å². The van der Waals surface area contributed by atoms with Crippen LogP contribution in [0.4, 0.5) is 0 Å². The van der Waals surface area contributed by atoms with E-state index in [-0.39, 0.29) is 18.6 Å². The van der Waals surface area contributed by atoms with Crippen LogP contribution in [0.25, 0.3) is 0 Å². The van der Waals surface area contributed by atoms with Gasteiger partial charge in [-0.05, 0) is 111 Å². The van der Waals surface area contributed by atoms with Crippen LogP contribution < -0.4 is 5.32 Å². The van der Waals surface area contributed by atoms with Crippen LogP contribution >= 0.6 is 0 Å². The molecule has 4 aliphatic rings. The lowest BCUT2D eigenvalue weighted by molar-refractivity contribution is -0.129. The number of hydrogen-bond donors (Lipinski definition) is 3. The lowest BCUT2D eigenvalue weighted by atomic mass is 9.44. The average molecular weight is 484 g/mol. The van der Waals surface area contributed by atoms with Gasteiger partial charge in [-0.15, -0.1) is 0 Å². The van der Waals surface area contributed by atoms with Gasteiger partial charge in [0.05, 0.1) is 11.9 Å². The topological polar surface area (TPSA) is 104 Å². The summed E-state index contributed by atoms with van der Waals surface area (Å²) >= 11 is 0. The standard InChI is InChI=1S/C26H45NO5S/c1-17(4-9-24(29)27-14-15-33(30,31)32)21-7-8-22-20-6-5-18-16-19(28)10-12-25(18,2)23(20)11-13-26(21,22)3/h17-23,28H,4-16H2,1-3H3,(H,27,29)(H,30,31,32)/t17-,18+,19+,20+,21-,22+,23+,25+,26-/m1/s1. The summed E-state index contributed by atoms with van der Waals surface area (Å²) in [6.07, 6.45) is 12.1. The van der Waals surface area contributed by atoms with E-state index in [1.165, 1.54) is 44.9 Å². The Labute approximate surface area is 200 Å². The molecule has 190 valence electrons. The quantitative estimate of drug-likeness (QED) is 0.465. The number of rotatable bonds is 7. The van der Waals surface area contributed by atoms with Gasteiger partial charge in [0.1, 0.15) is 0 Å². The lowest BCUT2D eigenvalue weighted by Crippen LogP contribution is -2.54. The van der Waals surface area contributed by atoms with Crippen LogP contribution in [0.5, 0.6) is 0 Å². The Morgan fingerprint density at radius 2 is 1.73 bits per heavy atom. The number of aliphatic hydroxyl groups excluding tert-OH is 1. The number of hydrogen-bond acceptors (Lipinski definition) is 4. The van der Waals surface area contributed by atoms with Gasteiger partial charge >= 0.3 is 0 Å². The van der Waals surface area contributed by atoms with Gasteiger partial charge in [0.15, 0.2) is 0 Å². The van der Waals surface area contributed by atoms with Gasteiger partial charge in [-0.3, -0.25) is 9.35 Å². The van der Waals surface area contributed by atoms with Crippen LogP contribution in [-0.4, -0.2) is 42.4 Å². The fourth-order valence-corrected chi connectivity index (χ4v) is 9.54. The summed E-state index contributed by atoms with van der Waals surface area (Å²) in [4.78, 5) is 12.2. The minimum absolute atomic E-state index is 0.0326. The molecule has 33 heavy (non-hydrogen) atoms. The minimum atomic E-state index is -4.04. The Kier molecular flexibility index (Phi) is 7.26. The summed E-state index contributed by atoms with van der Waals surface area (Å²) in [6.45, 7) is 7.34. The molecule has 4 saturated carbocycles. The molecule has 4 aliphatic carbocycles. The van der Waals surface area contributed by atoms with Crippen molar-refractivity contribution in [2.75, 3.05) is 12.3 Å². The predicted molar refractivity (Wildman–Crippen MR) is 129 cm³/mol. The Morgan fingerprint density at radius 1 is 1.03 bits per heavy atom. The lowest BCUT2D eigenvalue weighted by Gasteiger charge is -2.61. The number of carbonyl (C=O) groups is 1. The highest BCUT2D eigenvalue weighted by molar-refractivity contribution is 7.85. The van der Waals surface area contributed by atoms with Crippen LogP contribution in [-0.2, 0) is 14.9 Å². The summed E-state index contributed by atoms with van der Waals surface area (Å²) in [6, 6.07) is 0. The predicted octanol–water partition coefficient (Wildman–Crippen LogP) is 4.43. The zero-order chi connectivity index (χ0) is 24.0. The number of amides is 1. The van der Waals surface area contributed by atoms with Crippen LogP contribution in [0.3, 0.4) is 0 Å². The third-order valence-electron chi connectivity index (χ3n) is 10.9. The molecule has 0 unspecified atom stereocenters. The molecule has 0 aliphatic heterocycles. The van der Waals surface area contributed by atoms with E-state index in [4.69, 9.17) is 4.55 Å². The summed E-state index contributed by atoms with van der Waals surface area (Å²) in [5.41, 5.74) is 0.771. The van der Waals surface area contributed by atoms with Gasteiger partial charge < -0.3 is 10.4 Å². The van der Waals surface area contributed by atoms with E-state index >= 15 is 0 Å². The fraction of sp³-hybridized carbons (Fsp3) is 0.962. The fourth-order valence-electron chi connectivity index (χ4n) is 9.18. The van der Waals surface area contributed by atoms with E-state index in [1.807, 2.05) is 0 Å². The minimum Gasteiger partial charge on any atom is -0.393 e. The molecule has 0 aromatic heterocycles. The number of carbonyl (C=O) groups excluding carboxylic acids is 1. The van der Waals surface area contributed by atoms with Crippen molar-refractivity contribution in [3.8, 4) is 0 Å². The van der Waals surface area contributed by atoms with Gasteiger partial charge in [0.25, 0.3) is 10.1 Å². The molecule has 9 atom stereocenters. The number of aliphatic hydroxyl groups is 1. The Morgan fingerprint density at radius 3 is 2.45 bits per heavy atom. The number of fused-ring (bicyclic) bond motifs is 5. The van der Waals surface area contributed by atoms with E-state index in [0.29, 0.717) is 35.0 Å². The first-order chi connectivity index (χ1) is 15.4. The summed E-state index contributed by atoms with van der Waals surface area (Å²) in [7, 11) is -4.04. The second kappa shape index (κ2) is 9.42. The molecule has 4 fully saturated rings. The molecule has 4 rings (SSSR count). The van der Waals surface area contributed by atoms with Crippen molar-refractivity contribution in [1.29, 1.82) is 0 Å². The molecule has 3 N–H and O–H groups in total. The van der Waals surface area contributed by atoms with Crippen LogP contribution in [0.2, 0.25) is 0 Å². The summed E-state index contributed by atoms with van der Waals surface area (Å²) < 4.78 is 30.5. The Bertz CT molecular complexity index is 831. The van der Waals surface area contributed by atoms with Crippen LogP contribution in [0.1, 0.15) is 91.4 Å². The Hall–Kier alpha value is -0.660. The normalized spacial score (nSPS) is 43.8.